The Morgan fingerprint density at radius 3 is 2.70 bits per heavy atom. The Kier molecular flexibility index (Phi) is 4.33. The second-order valence-corrected chi connectivity index (χ2v) is 5.07. The van der Waals surface area contributed by atoms with Crippen molar-refractivity contribution in [2.45, 2.75) is 13.5 Å². The first-order valence-corrected chi connectivity index (χ1v) is 7.20. The fourth-order valence-electron chi connectivity index (χ4n) is 2.01. The molecule has 0 amide bonds. The number of ether oxygens (including phenoxy) is 1. The van der Waals surface area contributed by atoms with Crippen LogP contribution in [0.4, 0.5) is 11.5 Å². The van der Waals surface area contributed by atoms with E-state index in [0.29, 0.717) is 29.7 Å². The summed E-state index contributed by atoms with van der Waals surface area (Å²) in [6.45, 7) is 2.68. The summed E-state index contributed by atoms with van der Waals surface area (Å²) in [6.07, 6.45) is 4.69. The second kappa shape index (κ2) is 6.74. The fourth-order valence-corrected chi connectivity index (χ4v) is 2.01. The first kappa shape index (κ1) is 14.8. The van der Waals surface area contributed by atoms with Crippen LogP contribution in [0.15, 0.2) is 55.1 Å². The van der Waals surface area contributed by atoms with Crippen molar-refractivity contribution in [1.29, 1.82) is 0 Å². The number of benzene rings is 1. The number of anilines is 2. The molecule has 0 spiro atoms. The van der Waals surface area contributed by atoms with Crippen LogP contribution in [0.2, 0.25) is 0 Å². The predicted molar refractivity (Wildman–Crippen MR) is 89.3 cm³/mol. The number of nitrogens with zero attached hydrogens (tertiary/aromatic N) is 3. The lowest BCUT2D eigenvalue weighted by Crippen LogP contribution is -2.06. The number of hydrogen-bond acceptors (Lipinski definition) is 6. The summed E-state index contributed by atoms with van der Waals surface area (Å²) in [6, 6.07) is 11.8. The van der Waals surface area contributed by atoms with E-state index < -0.39 is 0 Å². The minimum Gasteiger partial charge on any atom is -0.435 e. The van der Waals surface area contributed by atoms with Gasteiger partial charge in [0.05, 0.1) is 6.20 Å². The van der Waals surface area contributed by atoms with Crippen molar-refractivity contribution in [2.75, 3.05) is 11.1 Å². The fraction of sp³-hybridized carbons (Fsp3) is 0.118. The van der Waals surface area contributed by atoms with E-state index in [9.17, 15) is 0 Å². The maximum atomic E-state index is 6.09. The van der Waals surface area contributed by atoms with Gasteiger partial charge in [0.25, 0.3) is 0 Å². The zero-order valence-corrected chi connectivity index (χ0v) is 12.7. The Bertz CT molecular complexity index is 775. The van der Waals surface area contributed by atoms with Crippen LogP contribution in [0, 0.1) is 6.92 Å². The SMILES string of the molecule is Cc1ccc(CNc2ncnc(Oc3cccnc3)c2N)cc1. The van der Waals surface area contributed by atoms with Gasteiger partial charge < -0.3 is 15.8 Å². The number of aryl methyl sites for hydroxylation is 1. The molecule has 0 fully saturated rings. The highest BCUT2D eigenvalue weighted by molar-refractivity contribution is 5.66. The molecule has 2 aromatic heterocycles. The molecule has 6 heteroatoms. The number of nitrogens with one attached hydrogen (secondary N) is 1. The van der Waals surface area contributed by atoms with Crippen molar-refractivity contribution in [1.82, 2.24) is 15.0 Å². The molecule has 23 heavy (non-hydrogen) atoms. The Hall–Kier alpha value is -3.15. The lowest BCUT2D eigenvalue weighted by Gasteiger charge is -2.11. The van der Waals surface area contributed by atoms with Crippen LogP contribution < -0.4 is 15.8 Å². The second-order valence-electron chi connectivity index (χ2n) is 5.07. The quantitative estimate of drug-likeness (QED) is 0.753. The topological polar surface area (TPSA) is 86.0 Å². The number of hydrogen-bond donors (Lipinski definition) is 2. The highest BCUT2D eigenvalue weighted by Crippen LogP contribution is 2.28. The summed E-state index contributed by atoms with van der Waals surface area (Å²) < 4.78 is 5.64. The van der Waals surface area contributed by atoms with Crippen LogP contribution in [0.1, 0.15) is 11.1 Å². The summed E-state index contributed by atoms with van der Waals surface area (Å²) >= 11 is 0. The molecule has 1 aromatic carbocycles. The molecular formula is C17H17N5O. The Morgan fingerprint density at radius 1 is 1.13 bits per heavy atom. The molecule has 2 heterocycles. The van der Waals surface area contributed by atoms with E-state index in [1.165, 1.54) is 11.9 Å². The molecule has 3 N–H and O–H groups in total. The van der Waals surface area contributed by atoms with E-state index in [4.69, 9.17) is 10.5 Å². The third-order valence-electron chi connectivity index (χ3n) is 3.28. The summed E-state index contributed by atoms with van der Waals surface area (Å²) in [5.41, 5.74) is 8.82. The summed E-state index contributed by atoms with van der Waals surface area (Å²) in [7, 11) is 0. The maximum Gasteiger partial charge on any atom is 0.248 e. The number of nitrogen functional groups attached to an aromatic ring is 1. The van der Waals surface area contributed by atoms with E-state index in [1.807, 2.05) is 0 Å². The highest BCUT2D eigenvalue weighted by Gasteiger charge is 2.10. The maximum absolute atomic E-state index is 6.09. The zero-order chi connectivity index (χ0) is 16.1. The molecule has 3 rings (SSSR count). The number of nitrogens with two attached hydrogens (primary N) is 1. The molecule has 3 aromatic rings. The summed E-state index contributed by atoms with van der Waals surface area (Å²) in [5.74, 6) is 1.42. The highest BCUT2D eigenvalue weighted by atomic mass is 16.5. The van der Waals surface area contributed by atoms with Crippen molar-refractivity contribution >= 4 is 11.5 Å². The number of rotatable bonds is 5. The van der Waals surface area contributed by atoms with Crippen LogP contribution in [0.3, 0.4) is 0 Å². The van der Waals surface area contributed by atoms with Crippen molar-refractivity contribution in [3.8, 4) is 11.6 Å². The Balaban J connectivity index is 1.73. The van der Waals surface area contributed by atoms with Gasteiger partial charge in [-0.15, -0.1) is 0 Å². The molecule has 0 radical (unpaired) electrons. The van der Waals surface area contributed by atoms with Crippen molar-refractivity contribution in [3.05, 3.63) is 66.2 Å². The van der Waals surface area contributed by atoms with Gasteiger partial charge >= 0.3 is 0 Å². The third kappa shape index (κ3) is 3.74. The number of aromatic nitrogens is 3. The Morgan fingerprint density at radius 2 is 1.96 bits per heavy atom. The zero-order valence-electron chi connectivity index (χ0n) is 12.7. The molecule has 0 saturated heterocycles. The van der Waals surface area contributed by atoms with Gasteiger partial charge in [-0.3, -0.25) is 4.98 Å². The van der Waals surface area contributed by atoms with Gasteiger partial charge in [0.2, 0.25) is 5.88 Å². The van der Waals surface area contributed by atoms with Crippen LogP contribution >= 0.6 is 0 Å². The third-order valence-corrected chi connectivity index (χ3v) is 3.28. The average Bonchev–Trinajstić information content (AvgIpc) is 2.58. The first-order valence-electron chi connectivity index (χ1n) is 7.20. The van der Waals surface area contributed by atoms with E-state index in [0.717, 1.165) is 5.56 Å². The van der Waals surface area contributed by atoms with Crippen molar-refractivity contribution < 1.29 is 4.74 Å². The monoisotopic (exact) mass is 307 g/mol. The molecule has 0 atom stereocenters. The van der Waals surface area contributed by atoms with Gasteiger partial charge in [-0.05, 0) is 24.6 Å². The van der Waals surface area contributed by atoms with E-state index >= 15 is 0 Å². The van der Waals surface area contributed by atoms with Gasteiger partial charge in [-0.25, -0.2) is 4.98 Å². The van der Waals surface area contributed by atoms with Crippen LogP contribution in [-0.4, -0.2) is 15.0 Å². The molecule has 0 saturated carbocycles. The lowest BCUT2D eigenvalue weighted by atomic mass is 10.1. The minimum absolute atomic E-state index is 0.305. The summed E-state index contributed by atoms with van der Waals surface area (Å²) in [5, 5.41) is 3.20. The number of pyridine rings is 1. The molecule has 0 aliphatic heterocycles. The van der Waals surface area contributed by atoms with Gasteiger partial charge in [-0.1, -0.05) is 29.8 Å². The lowest BCUT2D eigenvalue weighted by molar-refractivity contribution is 0.462. The van der Waals surface area contributed by atoms with Crippen molar-refractivity contribution in [3.63, 3.8) is 0 Å². The smallest absolute Gasteiger partial charge is 0.248 e. The van der Waals surface area contributed by atoms with Gasteiger partial charge in [0.15, 0.2) is 5.82 Å². The van der Waals surface area contributed by atoms with Crippen LogP contribution in [-0.2, 0) is 6.54 Å². The summed E-state index contributed by atoms with van der Waals surface area (Å²) in [4.78, 5) is 12.2. The molecule has 0 aliphatic rings. The predicted octanol–water partition coefficient (Wildman–Crippen LogP) is 3.17. The first-order chi connectivity index (χ1) is 11.2. The average molecular weight is 307 g/mol. The van der Waals surface area contributed by atoms with Crippen LogP contribution in [0.25, 0.3) is 0 Å². The van der Waals surface area contributed by atoms with E-state index in [-0.39, 0.29) is 0 Å². The van der Waals surface area contributed by atoms with Crippen molar-refractivity contribution in [2.24, 2.45) is 0 Å². The molecule has 0 bridgehead atoms. The standard InChI is InChI=1S/C17H17N5O/c1-12-4-6-13(7-5-12)9-20-16-15(18)17(22-11-21-16)23-14-3-2-8-19-10-14/h2-8,10-11H,9,18H2,1H3,(H,20,21,22). The minimum atomic E-state index is 0.305. The van der Waals surface area contributed by atoms with Gasteiger partial charge in [0, 0.05) is 12.7 Å². The van der Waals surface area contributed by atoms with E-state index in [2.05, 4.69) is 51.5 Å². The van der Waals surface area contributed by atoms with Crippen LogP contribution in [0.5, 0.6) is 11.6 Å². The largest absolute Gasteiger partial charge is 0.435 e. The molecule has 116 valence electrons. The normalized spacial score (nSPS) is 10.3. The van der Waals surface area contributed by atoms with Gasteiger partial charge in [0.1, 0.15) is 17.8 Å². The molecule has 0 unspecified atom stereocenters. The molecule has 0 aliphatic carbocycles. The van der Waals surface area contributed by atoms with Gasteiger partial charge in [-0.2, -0.15) is 4.98 Å². The molecule has 6 nitrogen and oxygen atoms in total. The molecular weight excluding hydrogens is 290 g/mol. The van der Waals surface area contributed by atoms with E-state index in [1.54, 1.807) is 24.5 Å². The Labute approximate surface area is 134 Å².